The topological polar surface area (TPSA) is 27.7 Å². The third kappa shape index (κ3) is 6.74. The Morgan fingerprint density at radius 2 is 1.52 bits per heavy atom. The monoisotopic (exact) mass is 570 g/mol. The molecule has 226 valence electrons. The predicted molar refractivity (Wildman–Crippen MR) is 174 cm³/mol. The van der Waals surface area contributed by atoms with E-state index in [2.05, 4.69) is 127 Å². The van der Waals surface area contributed by atoms with Crippen LogP contribution in [0.2, 0.25) is 0 Å². The molecule has 1 aromatic rings. The summed E-state index contributed by atoms with van der Waals surface area (Å²) in [6.07, 6.45) is 9.49. The molecular weight excluding hydrogens is 511 g/mol. The molecule has 0 saturated carbocycles. The van der Waals surface area contributed by atoms with Crippen molar-refractivity contribution in [3.63, 3.8) is 0 Å². The number of rotatable bonds is 7. The molecule has 0 fully saturated rings. The van der Waals surface area contributed by atoms with Gasteiger partial charge >= 0.3 is 8.60 Å². The summed E-state index contributed by atoms with van der Waals surface area (Å²) in [6.45, 7) is 33.3. The molecule has 3 unspecified atom stereocenters. The maximum absolute atomic E-state index is 7.16. The SMILES string of the molecule is CCCCC(CC)COP1Oc2ccc(C(C)(C)C)cc2C2=CC(C(C)(C)C)=CC(C(C)(C)C)(C(C)(C)C)C2O1. The Hall–Kier alpha value is -1.15. The average molecular weight is 571 g/mol. The van der Waals surface area contributed by atoms with Crippen molar-refractivity contribution < 1.29 is 13.6 Å². The maximum Gasteiger partial charge on any atom is 0.397 e. The van der Waals surface area contributed by atoms with Crippen LogP contribution in [0, 0.1) is 27.6 Å². The van der Waals surface area contributed by atoms with Gasteiger partial charge in [0.25, 0.3) is 0 Å². The number of hydrogen-bond acceptors (Lipinski definition) is 3. The highest BCUT2D eigenvalue weighted by molar-refractivity contribution is 7.42. The third-order valence-electron chi connectivity index (χ3n) is 9.22. The molecule has 1 aliphatic carbocycles. The van der Waals surface area contributed by atoms with Crippen LogP contribution < -0.4 is 4.52 Å². The van der Waals surface area contributed by atoms with E-state index in [0.717, 1.165) is 17.7 Å². The first kappa shape index (κ1) is 33.4. The summed E-state index contributed by atoms with van der Waals surface area (Å²) in [5.74, 6) is 1.39. The first-order chi connectivity index (χ1) is 18.3. The van der Waals surface area contributed by atoms with Crippen LogP contribution in [0.1, 0.15) is 134 Å². The summed E-state index contributed by atoms with van der Waals surface area (Å²) in [7, 11) is -1.58. The Labute approximate surface area is 248 Å². The van der Waals surface area contributed by atoms with E-state index in [1.807, 2.05) is 0 Å². The first-order valence-electron chi connectivity index (χ1n) is 15.6. The van der Waals surface area contributed by atoms with Crippen LogP contribution in [0.25, 0.3) is 5.57 Å². The summed E-state index contributed by atoms with van der Waals surface area (Å²) in [6, 6.07) is 6.72. The van der Waals surface area contributed by atoms with Crippen LogP contribution in [0.5, 0.6) is 5.75 Å². The van der Waals surface area contributed by atoms with Crippen LogP contribution >= 0.6 is 8.60 Å². The molecule has 2 aliphatic rings. The summed E-state index contributed by atoms with van der Waals surface area (Å²) in [5.41, 5.74) is 4.57. The summed E-state index contributed by atoms with van der Waals surface area (Å²) in [4.78, 5) is 0. The van der Waals surface area contributed by atoms with Crippen LogP contribution in [0.15, 0.2) is 35.9 Å². The van der Waals surface area contributed by atoms with E-state index >= 15 is 0 Å². The lowest BCUT2D eigenvalue weighted by Crippen LogP contribution is -2.55. The Balaban J connectivity index is 2.27. The second kappa shape index (κ2) is 11.9. The third-order valence-corrected chi connectivity index (χ3v) is 10.3. The van der Waals surface area contributed by atoms with E-state index in [0.29, 0.717) is 12.5 Å². The van der Waals surface area contributed by atoms with Crippen molar-refractivity contribution in [2.45, 2.75) is 134 Å². The van der Waals surface area contributed by atoms with Crippen LogP contribution in [0.3, 0.4) is 0 Å². The molecule has 0 spiro atoms. The molecule has 1 aliphatic heterocycles. The number of benzene rings is 1. The minimum atomic E-state index is -1.58. The molecule has 3 atom stereocenters. The zero-order chi connectivity index (χ0) is 30.3. The average Bonchev–Trinajstić information content (AvgIpc) is 2.97. The fraction of sp³-hybridized carbons (Fsp3) is 0.722. The summed E-state index contributed by atoms with van der Waals surface area (Å²) in [5, 5.41) is 0. The lowest BCUT2D eigenvalue weighted by atomic mass is 9.48. The van der Waals surface area contributed by atoms with Crippen LogP contribution in [-0.2, 0) is 14.5 Å². The highest BCUT2D eigenvalue weighted by Crippen LogP contribution is 2.66. The van der Waals surface area contributed by atoms with E-state index in [-0.39, 0.29) is 33.2 Å². The van der Waals surface area contributed by atoms with E-state index in [9.17, 15) is 0 Å². The normalized spacial score (nSPS) is 22.4. The quantitative estimate of drug-likeness (QED) is 0.305. The molecule has 3 rings (SSSR count). The summed E-state index contributed by atoms with van der Waals surface area (Å²) >= 11 is 0. The summed E-state index contributed by atoms with van der Waals surface area (Å²) < 4.78 is 20.5. The van der Waals surface area contributed by atoms with Crippen LogP contribution in [-0.4, -0.2) is 12.7 Å². The minimum Gasteiger partial charge on any atom is -0.426 e. The van der Waals surface area contributed by atoms with Gasteiger partial charge in [0.05, 0.1) is 6.61 Å². The molecule has 3 nitrogen and oxygen atoms in total. The highest BCUT2D eigenvalue weighted by Gasteiger charge is 2.59. The largest absolute Gasteiger partial charge is 0.426 e. The van der Waals surface area contributed by atoms with Gasteiger partial charge in [0.1, 0.15) is 11.9 Å². The molecule has 0 amide bonds. The molecule has 1 aromatic carbocycles. The minimum absolute atomic E-state index is 0.0104. The van der Waals surface area contributed by atoms with E-state index < -0.39 is 8.60 Å². The zero-order valence-corrected chi connectivity index (χ0v) is 29.1. The maximum atomic E-state index is 7.16. The Morgan fingerprint density at radius 1 is 0.900 bits per heavy atom. The van der Waals surface area contributed by atoms with Crippen molar-refractivity contribution in [3.05, 3.63) is 47.1 Å². The lowest BCUT2D eigenvalue weighted by Gasteiger charge is -2.58. The van der Waals surface area contributed by atoms with Gasteiger partial charge in [-0.25, -0.2) is 0 Å². The van der Waals surface area contributed by atoms with Gasteiger partial charge in [0.2, 0.25) is 0 Å². The lowest BCUT2D eigenvalue weighted by molar-refractivity contribution is -0.0600. The Morgan fingerprint density at radius 3 is 2.02 bits per heavy atom. The van der Waals surface area contributed by atoms with Gasteiger partial charge in [-0.05, 0) is 62.8 Å². The fourth-order valence-corrected chi connectivity index (χ4v) is 7.86. The zero-order valence-electron chi connectivity index (χ0n) is 28.2. The van der Waals surface area contributed by atoms with Crippen molar-refractivity contribution in [1.29, 1.82) is 0 Å². The van der Waals surface area contributed by atoms with Gasteiger partial charge in [-0.3, -0.25) is 4.52 Å². The molecule has 0 saturated heterocycles. The molecular formula is C36H59O3P. The fourth-order valence-electron chi connectivity index (χ4n) is 6.60. The van der Waals surface area contributed by atoms with Gasteiger partial charge in [0, 0.05) is 11.0 Å². The highest BCUT2D eigenvalue weighted by atomic mass is 31.2. The molecule has 1 heterocycles. The van der Waals surface area contributed by atoms with Gasteiger partial charge in [-0.2, -0.15) is 0 Å². The number of fused-ring (bicyclic) bond motifs is 3. The molecule has 0 bridgehead atoms. The van der Waals surface area contributed by atoms with Crippen molar-refractivity contribution in [2.24, 2.45) is 27.6 Å². The van der Waals surface area contributed by atoms with E-state index in [1.165, 1.54) is 36.0 Å². The molecule has 0 aromatic heterocycles. The first-order valence-corrected chi connectivity index (χ1v) is 16.7. The standard InChI is InChI=1S/C36H59O3P/c1-15-17-18-25(16-2)24-37-40-38-30-20-19-26(32(3,4)5)21-28(30)29-22-27(33(6,7)8)23-36(31(29)39-40,34(9,10)11)35(12,13)14/h19-23,25,31H,15-18,24H2,1-14H3. The molecule has 0 radical (unpaired) electrons. The molecule has 0 N–H and O–H groups in total. The number of allylic oxidation sites excluding steroid dienone is 2. The van der Waals surface area contributed by atoms with Gasteiger partial charge in [0.15, 0.2) is 0 Å². The number of hydrogen-bond donors (Lipinski definition) is 0. The molecule has 40 heavy (non-hydrogen) atoms. The van der Waals surface area contributed by atoms with Crippen LogP contribution in [0.4, 0.5) is 0 Å². The van der Waals surface area contributed by atoms with Gasteiger partial charge in [-0.15, -0.1) is 0 Å². The molecule has 4 heteroatoms. The van der Waals surface area contributed by atoms with Crippen molar-refractivity contribution in [1.82, 2.24) is 0 Å². The van der Waals surface area contributed by atoms with Gasteiger partial charge in [-0.1, -0.05) is 134 Å². The van der Waals surface area contributed by atoms with E-state index in [1.54, 1.807) is 0 Å². The van der Waals surface area contributed by atoms with Crippen molar-refractivity contribution in [3.8, 4) is 5.75 Å². The Kier molecular flexibility index (Phi) is 9.88. The predicted octanol–water partition coefficient (Wildman–Crippen LogP) is 11.7. The second-order valence-corrected chi connectivity index (χ2v) is 17.4. The Bertz CT molecular complexity index is 1070. The number of unbranched alkanes of at least 4 members (excludes halogenated alkanes) is 1. The van der Waals surface area contributed by atoms with Crippen molar-refractivity contribution in [2.75, 3.05) is 6.61 Å². The van der Waals surface area contributed by atoms with E-state index in [4.69, 9.17) is 13.6 Å². The van der Waals surface area contributed by atoms with Gasteiger partial charge < -0.3 is 9.05 Å². The second-order valence-electron chi connectivity index (χ2n) is 16.3. The van der Waals surface area contributed by atoms with Crippen molar-refractivity contribution >= 4 is 14.2 Å². The smallest absolute Gasteiger partial charge is 0.397 e.